The van der Waals surface area contributed by atoms with Gasteiger partial charge in [-0.3, -0.25) is 0 Å². The van der Waals surface area contributed by atoms with Crippen LogP contribution >= 0.6 is 0 Å². The summed E-state index contributed by atoms with van der Waals surface area (Å²) in [5.41, 5.74) is 12.5. The van der Waals surface area contributed by atoms with Gasteiger partial charge in [0.25, 0.3) is 0 Å². The van der Waals surface area contributed by atoms with Crippen LogP contribution in [0.3, 0.4) is 0 Å². The van der Waals surface area contributed by atoms with Crippen LogP contribution in [0.15, 0.2) is 140 Å². The highest BCUT2D eigenvalue weighted by Crippen LogP contribution is 2.47. The van der Waals surface area contributed by atoms with E-state index < -0.39 is 0 Å². The highest BCUT2D eigenvalue weighted by Gasteiger charge is 2.24. The third-order valence-electron chi connectivity index (χ3n) is 8.35. The van der Waals surface area contributed by atoms with Crippen molar-refractivity contribution in [2.75, 3.05) is 0 Å². The van der Waals surface area contributed by atoms with Crippen LogP contribution in [0, 0.1) is 0 Å². The first-order valence-corrected chi connectivity index (χ1v) is 13.9. The molecule has 1 aliphatic rings. The summed E-state index contributed by atoms with van der Waals surface area (Å²) in [5.74, 6) is 0.726. The van der Waals surface area contributed by atoms with Gasteiger partial charge in [-0.25, -0.2) is 9.97 Å². The topological polar surface area (TPSA) is 30.7 Å². The van der Waals surface area contributed by atoms with Crippen LogP contribution in [0.2, 0.25) is 0 Å². The molecule has 0 unspecified atom stereocenters. The molecule has 0 aliphatic carbocycles. The van der Waals surface area contributed by atoms with Crippen LogP contribution < -0.4 is 0 Å². The first kappa shape index (κ1) is 22.3. The molecule has 0 spiro atoms. The third-order valence-corrected chi connectivity index (χ3v) is 8.35. The van der Waals surface area contributed by atoms with Gasteiger partial charge < -0.3 is 4.57 Å². The fourth-order valence-electron chi connectivity index (χ4n) is 6.54. The lowest BCUT2D eigenvalue weighted by Gasteiger charge is -2.15. The Hall–Kier alpha value is -5.54. The fourth-order valence-corrected chi connectivity index (χ4v) is 6.54. The van der Waals surface area contributed by atoms with Crippen LogP contribution in [0.5, 0.6) is 0 Å². The maximum absolute atomic E-state index is 5.18. The van der Waals surface area contributed by atoms with E-state index in [0.717, 1.165) is 39.2 Å². The summed E-state index contributed by atoms with van der Waals surface area (Å²) in [6.45, 7) is 0. The highest BCUT2D eigenvalue weighted by atomic mass is 15.0. The molecule has 0 radical (unpaired) electrons. The van der Waals surface area contributed by atoms with Crippen molar-refractivity contribution in [3.05, 3.63) is 140 Å². The molecule has 8 aromatic rings. The first-order chi connectivity index (χ1) is 20.3. The summed E-state index contributed by atoms with van der Waals surface area (Å²) in [6, 6.07) is 49.5. The molecule has 0 atom stereocenters. The van der Waals surface area contributed by atoms with Gasteiger partial charge in [-0.15, -0.1) is 0 Å². The van der Waals surface area contributed by atoms with Crippen molar-refractivity contribution in [3.63, 3.8) is 0 Å². The molecule has 0 amide bonds. The number of para-hydroxylation sites is 3. The largest absolute Gasteiger partial charge is 0.308 e. The predicted molar refractivity (Wildman–Crippen MR) is 169 cm³/mol. The molecule has 9 rings (SSSR count). The van der Waals surface area contributed by atoms with Crippen molar-refractivity contribution >= 4 is 32.7 Å². The number of benzene rings is 6. The molecule has 3 heterocycles. The number of nitrogens with zero attached hydrogens (tertiary/aromatic N) is 3. The van der Waals surface area contributed by atoms with E-state index in [9.17, 15) is 0 Å². The Kier molecular flexibility index (Phi) is 4.61. The van der Waals surface area contributed by atoms with Gasteiger partial charge in [0, 0.05) is 38.4 Å². The summed E-state index contributed by atoms with van der Waals surface area (Å²) in [6.07, 6.45) is 0. The molecule has 0 N–H and O–H groups in total. The second-order valence-corrected chi connectivity index (χ2v) is 10.6. The molecule has 3 heteroatoms. The van der Waals surface area contributed by atoms with Crippen molar-refractivity contribution < 1.29 is 0 Å². The maximum atomic E-state index is 5.18. The Balaban J connectivity index is 1.38. The predicted octanol–water partition coefficient (Wildman–Crippen LogP) is 9.71. The lowest BCUT2D eigenvalue weighted by molar-refractivity contribution is 1.18. The van der Waals surface area contributed by atoms with Gasteiger partial charge in [0.15, 0.2) is 5.82 Å². The van der Waals surface area contributed by atoms with Crippen LogP contribution in [-0.2, 0) is 0 Å². The van der Waals surface area contributed by atoms with Crippen molar-refractivity contribution in [2.45, 2.75) is 0 Å². The van der Waals surface area contributed by atoms with Crippen LogP contribution in [0.1, 0.15) is 0 Å². The smallest absolute Gasteiger partial charge is 0.160 e. The van der Waals surface area contributed by atoms with Crippen LogP contribution in [-0.4, -0.2) is 14.5 Å². The lowest BCUT2D eigenvalue weighted by Crippen LogP contribution is -1.99. The van der Waals surface area contributed by atoms with Crippen molar-refractivity contribution in [2.24, 2.45) is 0 Å². The van der Waals surface area contributed by atoms with E-state index in [1.807, 2.05) is 12.1 Å². The second kappa shape index (κ2) is 8.48. The Morgan fingerprint density at radius 2 is 1.12 bits per heavy atom. The average Bonchev–Trinajstić information content (AvgIpc) is 3.32. The molecule has 2 aromatic heterocycles. The molecular formula is C38H23N3. The summed E-state index contributed by atoms with van der Waals surface area (Å²) >= 11 is 0. The van der Waals surface area contributed by atoms with Gasteiger partial charge in [0.05, 0.1) is 27.9 Å². The fraction of sp³-hybridized carbons (Fsp3) is 0. The van der Waals surface area contributed by atoms with Gasteiger partial charge in [-0.2, -0.15) is 0 Å². The first-order valence-electron chi connectivity index (χ1n) is 13.9. The summed E-state index contributed by atoms with van der Waals surface area (Å²) < 4.78 is 2.44. The second-order valence-electron chi connectivity index (χ2n) is 10.6. The van der Waals surface area contributed by atoms with E-state index in [4.69, 9.17) is 9.97 Å². The Bertz CT molecular complexity index is 2310. The van der Waals surface area contributed by atoms with Gasteiger partial charge in [-0.1, -0.05) is 121 Å². The zero-order chi connectivity index (χ0) is 26.9. The summed E-state index contributed by atoms with van der Waals surface area (Å²) in [4.78, 5) is 10.3. The van der Waals surface area contributed by atoms with E-state index in [1.165, 1.54) is 44.1 Å². The highest BCUT2D eigenvalue weighted by molar-refractivity contribution is 6.16. The zero-order valence-corrected chi connectivity index (χ0v) is 22.1. The van der Waals surface area contributed by atoms with Crippen molar-refractivity contribution in [3.8, 4) is 50.6 Å². The zero-order valence-electron chi connectivity index (χ0n) is 22.1. The molecule has 6 aromatic carbocycles. The van der Waals surface area contributed by atoms with E-state index in [0.29, 0.717) is 0 Å². The molecule has 0 saturated carbocycles. The molecule has 0 saturated heterocycles. The Labute approximate surface area is 237 Å². The van der Waals surface area contributed by atoms with Crippen molar-refractivity contribution in [1.82, 2.24) is 14.5 Å². The molecule has 0 fully saturated rings. The van der Waals surface area contributed by atoms with Gasteiger partial charge in [-0.05, 0) is 29.3 Å². The van der Waals surface area contributed by atoms with Crippen molar-refractivity contribution in [1.29, 1.82) is 0 Å². The number of aromatic nitrogens is 3. The number of hydrogen-bond acceptors (Lipinski definition) is 2. The standard InChI is InChI=1S/C38H23N3/c1-2-11-24(12-3-1)36-32-16-6-8-19-33(32)39-38(40-36)25-21-22-29-26-13-4-5-14-27(26)30-17-10-18-31-28-15-7-9-20-34(28)41(37(30)31)35(29)23-25/h1-23H. The SMILES string of the molecule is c1ccc(-c2nc(-c3ccc4c(c3)-n3c5ccccc5c5cccc(c53)-c3ccccc3-4)nc3ccccc23)cc1. The molecule has 1 aliphatic heterocycles. The minimum Gasteiger partial charge on any atom is -0.308 e. The molecule has 190 valence electrons. The normalized spacial score (nSPS) is 11.9. The number of rotatable bonds is 2. The van der Waals surface area contributed by atoms with Gasteiger partial charge in [0.2, 0.25) is 0 Å². The number of hydrogen-bond donors (Lipinski definition) is 0. The molecule has 3 nitrogen and oxygen atoms in total. The van der Waals surface area contributed by atoms with E-state index >= 15 is 0 Å². The minimum absolute atomic E-state index is 0.726. The van der Waals surface area contributed by atoms with Crippen LogP contribution in [0.4, 0.5) is 0 Å². The quantitative estimate of drug-likeness (QED) is 0.227. The average molecular weight is 522 g/mol. The van der Waals surface area contributed by atoms with E-state index in [-0.39, 0.29) is 0 Å². The Morgan fingerprint density at radius 1 is 0.439 bits per heavy atom. The van der Waals surface area contributed by atoms with Crippen LogP contribution in [0.25, 0.3) is 83.3 Å². The number of fused-ring (bicyclic) bond motifs is 9. The van der Waals surface area contributed by atoms with E-state index in [1.54, 1.807) is 0 Å². The minimum atomic E-state index is 0.726. The van der Waals surface area contributed by atoms with Gasteiger partial charge >= 0.3 is 0 Å². The summed E-state index contributed by atoms with van der Waals surface area (Å²) in [7, 11) is 0. The summed E-state index contributed by atoms with van der Waals surface area (Å²) in [5, 5.41) is 3.58. The van der Waals surface area contributed by atoms with Gasteiger partial charge in [0.1, 0.15) is 0 Å². The van der Waals surface area contributed by atoms with E-state index in [2.05, 4.69) is 132 Å². The molecule has 41 heavy (non-hydrogen) atoms. The lowest BCUT2D eigenvalue weighted by atomic mass is 9.93. The molecule has 0 bridgehead atoms. The maximum Gasteiger partial charge on any atom is 0.160 e. The monoisotopic (exact) mass is 521 g/mol. The molecular weight excluding hydrogens is 498 g/mol. The third kappa shape index (κ3) is 3.20. The Morgan fingerprint density at radius 3 is 2.00 bits per heavy atom.